The summed E-state index contributed by atoms with van der Waals surface area (Å²) in [4.78, 5) is 12.0. The minimum absolute atomic E-state index is 0.132. The van der Waals surface area contributed by atoms with Gasteiger partial charge >= 0.3 is 0 Å². The fraction of sp³-hybridized carbons (Fsp3) is 0.731. The summed E-state index contributed by atoms with van der Waals surface area (Å²) < 4.78 is 0. The molecule has 1 aromatic rings. The molecule has 0 spiro atoms. The maximum atomic E-state index is 12.0. The highest BCUT2D eigenvalue weighted by molar-refractivity contribution is 5.75. The Morgan fingerprint density at radius 1 is 0.867 bits per heavy atom. The van der Waals surface area contributed by atoms with Gasteiger partial charge in [0.05, 0.1) is 6.10 Å². The van der Waals surface area contributed by atoms with Crippen LogP contribution < -0.4 is 11.1 Å². The molecule has 1 aromatic carbocycles. The number of hydrogen-bond acceptors (Lipinski definition) is 3. The molecule has 0 aliphatic rings. The third-order valence-electron chi connectivity index (χ3n) is 5.74. The van der Waals surface area contributed by atoms with Gasteiger partial charge in [-0.1, -0.05) is 101 Å². The van der Waals surface area contributed by atoms with Crippen LogP contribution in [0.1, 0.15) is 114 Å². The van der Waals surface area contributed by atoms with Crippen molar-refractivity contribution in [3.63, 3.8) is 0 Å². The summed E-state index contributed by atoms with van der Waals surface area (Å²) in [5.41, 5.74) is 7.87. The Morgan fingerprint density at radius 2 is 1.37 bits per heavy atom. The normalized spacial score (nSPS) is 12.1. The lowest BCUT2D eigenvalue weighted by molar-refractivity contribution is -0.121. The highest BCUT2D eigenvalue weighted by Crippen LogP contribution is 2.14. The average molecular weight is 419 g/mol. The van der Waals surface area contributed by atoms with Crippen molar-refractivity contribution in [1.29, 1.82) is 0 Å². The van der Waals surface area contributed by atoms with Gasteiger partial charge in [0, 0.05) is 19.5 Å². The van der Waals surface area contributed by atoms with Crippen molar-refractivity contribution >= 4 is 5.91 Å². The second-order valence-electron chi connectivity index (χ2n) is 8.78. The van der Waals surface area contributed by atoms with Gasteiger partial charge in [0.25, 0.3) is 0 Å². The molecule has 0 saturated heterocycles. The van der Waals surface area contributed by atoms with Gasteiger partial charge in [0.2, 0.25) is 5.91 Å². The maximum Gasteiger partial charge on any atom is 0.220 e. The van der Waals surface area contributed by atoms with Gasteiger partial charge < -0.3 is 16.2 Å². The number of benzene rings is 1. The summed E-state index contributed by atoms with van der Waals surface area (Å²) >= 11 is 0. The van der Waals surface area contributed by atoms with Crippen molar-refractivity contribution in [2.45, 2.75) is 122 Å². The molecule has 1 amide bonds. The molecular weight excluding hydrogens is 372 g/mol. The van der Waals surface area contributed by atoms with Gasteiger partial charge in [-0.15, -0.1) is 0 Å². The Kier molecular flexibility index (Phi) is 16.3. The lowest BCUT2D eigenvalue weighted by Gasteiger charge is -2.07. The summed E-state index contributed by atoms with van der Waals surface area (Å²) in [7, 11) is 0. The van der Waals surface area contributed by atoms with E-state index in [1.54, 1.807) is 0 Å². The summed E-state index contributed by atoms with van der Waals surface area (Å²) in [6.07, 6.45) is 18.0. The standard InChI is InChI=1S/C26H46N2O2/c1-23(29)16-13-11-9-7-5-3-2-4-6-8-10-12-14-19-26(30)28-22-25-18-15-17-24(20-25)21-27/h15,17-18,20,23,29H,2-14,16,19,21-22,27H2,1H3,(H,28,30). The molecule has 0 bridgehead atoms. The maximum absolute atomic E-state index is 12.0. The van der Waals surface area contributed by atoms with Crippen molar-refractivity contribution in [3.05, 3.63) is 35.4 Å². The first-order chi connectivity index (χ1) is 14.6. The lowest BCUT2D eigenvalue weighted by atomic mass is 10.0. The Balaban J connectivity index is 1.83. The largest absolute Gasteiger partial charge is 0.393 e. The fourth-order valence-electron chi connectivity index (χ4n) is 3.83. The van der Waals surface area contributed by atoms with E-state index in [0.29, 0.717) is 19.5 Å². The summed E-state index contributed by atoms with van der Waals surface area (Å²) in [5, 5.41) is 12.2. The molecule has 1 atom stereocenters. The van der Waals surface area contributed by atoms with Gasteiger partial charge in [0.1, 0.15) is 0 Å². The van der Waals surface area contributed by atoms with Crippen LogP contribution >= 0.6 is 0 Å². The number of nitrogens with one attached hydrogen (secondary N) is 1. The molecule has 4 heteroatoms. The number of carbonyl (C=O) groups is 1. The topological polar surface area (TPSA) is 75.3 Å². The van der Waals surface area contributed by atoms with Gasteiger partial charge in [-0.2, -0.15) is 0 Å². The molecule has 0 fully saturated rings. The molecule has 0 saturated carbocycles. The highest BCUT2D eigenvalue weighted by Gasteiger charge is 2.02. The van der Waals surface area contributed by atoms with E-state index in [1.165, 1.54) is 70.6 Å². The van der Waals surface area contributed by atoms with Crippen LogP contribution in [0.15, 0.2) is 24.3 Å². The second-order valence-corrected chi connectivity index (χ2v) is 8.78. The minimum atomic E-state index is -0.132. The third kappa shape index (κ3) is 15.4. The van der Waals surface area contributed by atoms with Crippen LogP contribution in [0.25, 0.3) is 0 Å². The molecule has 0 aliphatic carbocycles. The van der Waals surface area contributed by atoms with Gasteiger partial charge in [-0.05, 0) is 30.9 Å². The number of hydrogen-bond donors (Lipinski definition) is 3. The molecule has 4 N–H and O–H groups in total. The lowest BCUT2D eigenvalue weighted by Crippen LogP contribution is -2.22. The van der Waals surface area contributed by atoms with Gasteiger partial charge in [0.15, 0.2) is 0 Å². The zero-order valence-corrected chi connectivity index (χ0v) is 19.3. The monoisotopic (exact) mass is 418 g/mol. The first-order valence-corrected chi connectivity index (χ1v) is 12.3. The predicted molar refractivity (Wildman–Crippen MR) is 127 cm³/mol. The van der Waals surface area contributed by atoms with Crippen LogP contribution in [0, 0.1) is 0 Å². The van der Waals surface area contributed by atoms with Crippen LogP contribution in [0.2, 0.25) is 0 Å². The van der Waals surface area contributed by atoms with E-state index in [0.717, 1.165) is 30.4 Å². The van der Waals surface area contributed by atoms with E-state index in [4.69, 9.17) is 5.73 Å². The van der Waals surface area contributed by atoms with E-state index in [1.807, 2.05) is 25.1 Å². The summed E-state index contributed by atoms with van der Waals surface area (Å²) in [6.45, 7) is 3.00. The Bertz CT molecular complexity index is 546. The molecule has 172 valence electrons. The van der Waals surface area contributed by atoms with Crippen LogP contribution in [-0.2, 0) is 17.9 Å². The van der Waals surface area contributed by atoms with Crippen LogP contribution in [0.4, 0.5) is 0 Å². The first-order valence-electron chi connectivity index (χ1n) is 12.3. The van der Waals surface area contributed by atoms with Crippen molar-refractivity contribution in [2.24, 2.45) is 5.73 Å². The fourth-order valence-corrected chi connectivity index (χ4v) is 3.83. The van der Waals surface area contributed by atoms with Crippen molar-refractivity contribution in [1.82, 2.24) is 5.32 Å². The number of aliphatic hydroxyl groups is 1. The van der Waals surface area contributed by atoms with Gasteiger partial charge in [-0.25, -0.2) is 0 Å². The molecule has 1 rings (SSSR count). The van der Waals surface area contributed by atoms with Crippen molar-refractivity contribution < 1.29 is 9.90 Å². The quantitative estimate of drug-likeness (QED) is 0.241. The van der Waals surface area contributed by atoms with Crippen LogP contribution in [0.5, 0.6) is 0 Å². The second kappa shape index (κ2) is 18.4. The molecule has 30 heavy (non-hydrogen) atoms. The molecule has 0 heterocycles. The van der Waals surface area contributed by atoms with Crippen LogP contribution in [0.3, 0.4) is 0 Å². The third-order valence-corrected chi connectivity index (χ3v) is 5.74. The molecule has 4 nitrogen and oxygen atoms in total. The molecule has 0 aliphatic heterocycles. The van der Waals surface area contributed by atoms with Crippen molar-refractivity contribution in [3.8, 4) is 0 Å². The SMILES string of the molecule is CC(O)CCCCCCCCCCCCCCCC(=O)NCc1cccc(CN)c1. The Labute approximate surface area is 185 Å². The first kappa shape index (κ1) is 26.6. The van der Waals surface area contributed by atoms with Gasteiger partial charge in [-0.3, -0.25) is 4.79 Å². The molecule has 0 aromatic heterocycles. The van der Waals surface area contributed by atoms with E-state index >= 15 is 0 Å². The highest BCUT2D eigenvalue weighted by atomic mass is 16.3. The number of amides is 1. The smallest absolute Gasteiger partial charge is 0.220 e. The number of aliphatic hydroxyl groups excluding tert-OH is 1. The number of unbranched alkanes of at least 4 members (excludes halogenated alkanes) is 12. The van der Waals surface area contributed by atoms with E-state index in [9.17, 15) is 9.90 Å². The zero-order valence-electron chi connectivity index (χ0n) is 19.3. The molecule has 0 radical (unpaired) electrons. The van der Waals surface area contributed by atoms with Crippen LogP contribution in [-0.4, -0.2) is 17.1 Å². The number of rotatable bonds is 19. The van der Waals surface area contributed by atoms with Crippen molar-refractivity contribution in [2.75, 3.05) is 0 Å². The summed E-state index contributed by atoms with van der Waals surface area (Å²) in [5.74, 6) is 0.152. The Morgan fingerprint density at radius 3 is 1.90 bits per heavy atom. The minimum Gasteiger partial charge on any atom is -0.393 e. The molecule has 1 unspecified atom stereocenters. The number of nitrogens with two attached hydrogens (primary N) is 1. The average Bonchev–Trinajstić information content (AvgIpc) is 2.75. The van der Waals surface area contributed by atoms with E-state index in [2.05, 4.69) is 11.4 Å². The molecular formula is C26H46N2O2. The Hall–Kier alpha value is -1.39. The zero-order chi connectivity index (χ0) is 21.9. The predicted octanol–water partition coefficient (Wildman–Crippen LogP) is 5.99. The number of carbonyl (C=O) groups excluding carboxylic acids is 1. The van der Waals surface area contributed by atoms with E-state index < -0.39 is 0 Å². The summed E-state index contributed by atoms with van der Waals surface area (Å²) in [6, 6.07) is 8.08. The van der Waals surface area contributed by atoms with E-state index in [-0.39, 0.29) is 12.0 Å².